The molecule has 4 aromatic rings. The van der Waals surface area contributed by atoms with Gasteiger partial charge in [0.15, 0.2) is 15.5 Å². The smallest absolute Gasteiger partial charge is 0.256 e. The minimum Gasteiger partial charge on any atom is -0.322 e. The Morgan fingerprint density at radius 2 is 1.97 bits per heavy atom. The van der Waals surface area contributed by atoms with Crippen molar-refractivity contribution in [2.45, 2.75) is 19.4 Å². The maximum Gasteiger partial charge on any atom is 0.256 e. The van der Waals surface area contributed by atoms with Gasteiger partial charge in [-0.15, -0.1) is 0 Å². The van der Waals surface area contributed by atoms with Crippen LogP contribution in [0.15, 0.2) is 59.1 Å². The van der Waals surface area contributed by atoms with Crippen LogP contribution in [0.4, 0.5) is 10.1 Å². The Kier molecular flexibility index (Phi) is 5.73. The molecule has 0 bridgehead atoms. The van der Waals surface area contributed by atoms with Gasteiger partial charge in [-0.05, 0) is 49.7 Å². The molecule has 2 aromatic carbocycles. The number of benzene rings is 2. The van der Waals surface area contributed by atoms with Crippen LogP contribution in [0.5, 0.6) is 0 Å². The molecule has 0 radical (unpaired) electrons. The van der Waals surface area contributed by atoms with E-state index in [0.29, 0.717) is 28.8 Å². The van der Waals surface area contributed by atoms with E-state index < -0.39 is 27.6 Å². The summed E-state index contributed by atoms with van der Waals surface area (Å²) in [5, 5.41) is 7.96. The van der Waals surface area contributed by atoms with Gasteiger partial charge in [0.05, 0.1) is 39.9 Å². The number of anilines is 1. The highest BCUT2D eigenvalue weighted by Gasteiger charge is 2.32. The van der Waals surface area contributed by atoms with Gasteiger partial charge < -0.3 is 5.32 Å². The number of sulfone groups is 1. The zero-order valence-corrected chi connectivity index (χ0v) is 20.5. The van der Waals surface area contributed by atoms with E-state index in [1.165, 1.54) is 6.07 Å². The topological polar surface area (TPSA) is 93.9 Å². The van der Waals surface area contributed by atoms with Crippen molar-refractivity contribution in [2.75, 3.05) is 16.8 Å². The number of halogens is 2. The van der Waals surface area contributed by atoms with Crippen LogP contribution in [0.1, 0.15) is 28.5 Å². The fraction of sp³-hybridized carbons (Fsp3) is 0.208. The molecule has 34 heavy (non-hydrogen) atoms. The van der Waals surface area contributed by atoms with Crippen LogP contribution < -0.4 is 5.32 Å². The molecule has 5 rings (SSSR count). The van der Waals surface area contributed by atoms with Crippen molar-refractivity contribution in [1.82, 2.24) is 14.8 Å². The largest absolute Gasteiger partial charge is 0.322 e. The molecule has 1 unspecified atom stereocenters. The van der Waals surface area contributed by atoms with Crippen LogP contribution in [0.3, 0.4) is 0 Å². The van der Waals surface area contributed by atoms with Gasteiger partial charge in [0.1, 0.15) is 5.82 Å². The summed E-state index contributed by atoms with van der Waals surface area (Å²) in [4.78, 5) is 18.1. The van der Waals surface area contributed by atoms with Gasteiger partial charge in [-0.1, -0.05) is 34.1 Å². The fourth-order valence-electron chi connectivity index (χ4n) is 4.29. The summed E-state index contributed by atoms with van der Waals surface area (Å²) >= 11 is 3.39. The molecule has 0 spiro atoms. The third-order valence-electron chi connectivity index (χ3n) is 5.87. The second-order valence-electron chi connectivity index (χ2n) is 8.28. The molecule has 1 atom stereocenters. The molecule has 2 aromatic heterocycles. The average molecular weight is 543 g/mol. The number of amides is 1. The van der Waals surface area contributed by atoms with E-state index in [1.54, 1.807) is 54.1 Å². The van der Waals surface area contributed by atoms with Crippen molar-refractivity contribution < 1.29 is 17.6 Å². The molecule has 1 N–H and O–H groups in total. The van der Waals surface area contributed by atoms with Crippen LogP contribution in [-0.4, -0.2) is 40.6 Å². The molecular formula is C24H20BrFN4O3S. The molecular weight excluding hydrogens is 523 g/mol. The summed E-state index contributed by atoms with van der Waals surface area (Å²) in [5.74, 6) is -0.848. The normalized spacial score (nSPS) is 17.2. The molecule has 3 heterocycles. The lowest BCUT2D eigenvalue weighted by Gasteiger charge is -2.13. The van der Waals surface area contributed by atoms with E-state index in [-0.39, 0.29) is 28.3 Å². The summed E-state index contributed by atoms with van der Waals surface area (Å²) in [6, 6.07) is 14.5. The Labute approximate surface area is 204 Å². The summed E-state index contributed by atoms with van der Waals surface area (Å²) in [7, 11) is -3.18. The molecule has 1 saturated heterocycles. The molecule has 0 aliphatic carbocycles. The van der Waals surface area contributed by atoms with Gasteiger partial charge in [-0.2, -0.15) is 5.10 Å². The second kappa shape index (κ2) is 8.59. The molecule has 1 aliphatic heterocycles. The predicted octanol–water partition coefficient (Wildman–Crippen LogP) is 4.92. The van der Waals surface area contributed by atoms with Crippen molar-refractivity contribution in [2.24, 2.45) is 0 Å². The van der Waals surface area contributed by atoms with Crippen LogP contribution in [0, 0.1) is 12.7 Å². The number of rotatable bonds is 4. The Morgan fingerprint density at radius 1 is 1.18 bits per heavy atom. The minimum absolute atomic E-state index is 0.0472. The van der Waals surface area contributed by atoms with Crippen molar-refractivity contribution >= 4 is 48.4 Å². The number of nitrogens with zero attached hydrogens (tertiary/aromatic N) is 3. The number of aryl methyl sites for hydroxylation is 1. The van der Waals surface area contributed by atoms with Gasteiger partial charge >= 0.3 is 0 Å². The Bertz CT molecular complexity index is 1550. The number of aromatic nitrogens is 3. The number of carbonyl (C=O) groups excluding carboxylic acids is 1. The quantitative estimate of drug-likeness (QED) is 0.395. The third kappa shape index (κ3) is 4.23. The molecule has 0 saturated carbocycles. The zero-order chi connectivity index (χ0) is 24.0. The standard InChI is InChI=1S/C24H20BrFN4O3S/c1-14-22-19(24(31)27-16-6-4-5-15(25)11-16)12-21(18-7-2-3-8-20(18)26)28-23(22)30(29-14)17-9-10-34(32,33)13-17/h2-8,11-12,17H,9-10,13H2,1H3,(H,27,31). The average Bonchev–Trinajstić information content (AvgIpc) is 3.32. The van der Waals surface area contributed by atoms with E-state index in [9.17, 15) is 17.6 Å². The molecule has 1 aliphatic rings. The van der Waals surface area contributed by atoms with Crippen molar-refractivity contribution in [3.05, 3.63) is 76.1 Å². The third-order valence-corrected chi connectivity index (χ3v) is 8.11. The Balaban J connectivity index is 1.70. The molecule has 7 nitrogen and oxygen atoms in total. The van der Waals surface area contributed by atoms with E-state index in [4.69, 9.17) is 0 Å². The van der Waals surface area contributed by atoms with E-state index in [1.807, 2.05) is 6.07 Å². The number of hydrogen-bond acceptors (Lipinski definition) is 5. The number of carbonyl (C=O) groups is 1. The zero-order valence-electron chi connectivity index (χ0n) is 18.1. The number of pyridine rings is 1. The van der Waals surface area contributed by atoms with Crippen LogP contribution >= 0.6 is 15.9 Å². The predicted molar refractivity (Wildman–Crippen MR) is 132 cm³/mol. The Hall–Kier alpha value is -3.11. The summed E-state index contributed by atoms with van der Waals surface area (Å²) in [5.41, 5.74) is 2.29. The maximum atomic E-state index is 14.7. The fourth-order valence-corrected chi connectivity index (χ4v) is 6.38. The molecule has 10 heteroatoms. The van der Waals surface area contributed by atoms with Gasteiger partial charge in [0.25, 0.3) is 5.91 Å². The number of nitrogens with one attached hydrogen (secondary N) is 1. The monoisotopic (exact) mass is 542 g/mol. The lowest BCUT2D eigenvalue weighted by molar-refractivity contribution is 0.102. The second-order valence-corrected chi connectivity index (χ2v) is 11.4. The van der Waals surface area contributed by atoms with Gasteiger partial charge in [-0.3, -0.25) is 4.79 Å². The highest BCUT2D eigenvalue weighted by atomic mass is 79.9. The summed E-state index contributed by atoms with van der Waals surface area (Å²) in [6.07, 6.45) is 0.406. The molecule has 174 valence electrons. The highest BCUT2D eigenvalue weighted by Crippen LogP contribution is 2.33. The SMILES string of the molecule is Cc1nn(C2CCS(=O)(=O)C2)c2nc(-c3ccccc3F)cc(C(=O)Nc3cccc(Br)c3)c12. The first-order chi connectivity index (χ1) is 16.2. The van der Waals surface area contributed by atoms with Crippen LogP contribution in [0.2, 0.25) is 0 Å². The van der Waals surface area contributed by atoms with Crippen LogP contribution in [-0.2, 0) is 9.84 Å². The van der Waals surface area contributed by atoms with Gasteiger partial charge in [0, 0.05) is 15.7 Å². The molecule has 1 fully saturated rings. The van der Waals surface area contributed by atoms with Gasteiger partial charge in [0.2, 0.25) is 0 Å². The summed E-state index contributed by atoms with van der Waals surface area (Å²) in [6.45, 7) is 1.75. The van der Waals surface area contributed by atoms with Crippen molar-refractivity contribution in [3.8, 4) is 11.3 Å². The van der Waals surface area contributed by atoms with E-state index in [2.05, 4.69) is 31.3 Å². The number of hydrogen-bond donors (Lipinski definition) is 1. The highest BCUT2D eigenvalue weighted by molar-refractivity contribution is 9.10. The van der Waals surface area contributed by atoms with Crippen molar-refractivity contribution in [3.63, 3.8) is 0 Å². The lowest BCUT2D eigenvalue weighted by atomic mass is 10.0. The van der Waals surface area contributed by atoms with Crippen molar-refractivity contribution in [1.29, 1.82) is 0 Å². The van der Waals surface area contributed by atoms with E-state index in [0.717, 1.165) is 4.47 Å². The first-order valence-corrected chi connectivity index (χ1v) is 13.3. The lowest BCUT2D eigenvalue weighted by Crippen LogP contribution is -2.15. The Morgan fingerprint density at radius 3 is 2.68 bits per heavy atom. The maximum absolute atomic E-state index is 14.7. The van der Waals surface area contributed by atoms with E-state index >= 15 is 0 Å². The summed E-state index contributed by atoms with van der Waals surface area (Å²) < 4.78 is 41.3. The molecule has 1 amide bonds. The number of fused-ring (bicyclic) bond motifs is 1. The first kappa shape index (κ1) is 22.7. The first-order valence-electron chi connectivity index (χ1n) is 10.6. The van der Waals surface area contributed by atoms with Crippen LogP contribution in [0.25, 0.3) is 22.3 Å². The minimum atomic E-state index is -3.18. The van der Waals surface area contributed by atoms with Gasteiger partial charge in [-0.25, -0.2) is 22.5 Å².